The number of fused-ring (bicyclic) bond motifs is 5. The van der Waals surface area contributed by atoms with Crippen LogP contribution in [0.3, 0.4) is 0 Å². The molecule has 0 aliphatic carbocycles. The normalized spacial score (nSPS) is 22.1. The van der Waals surface area contributed by atoms with Crippen LogP contribution in [0, 0.1) is 48.2 Å². The second-order valence-electron chi connectivity index (χ2n) is 22.7. The molecule has 3 unspecified atom stereocenters. The van der Waals surface area contributed by atoms with Crippen molar-refractivity contribution in [2.45, 2.75) is 168 Å². The number of hydrogen-bond acceptors (Lipinski definition) is 18. The molecule has 6 rings (SSSR count). The molecule has 0 saturated carbocycles. The fourth-order valence-corrected chi connectivity index (χ4v) is 11.1. The number of aliphatic hydroxyl groups is 6. The number of unbranched alkanes of at least 4 members (excludes halogenated alkanes) is 3. The van der Waals surface area contributed by atoms with Crippen molar-refractivity contribution >= 4 is 69.6 Å². The number of imide groups is 1. The van der Waals surface area contributed by atoms with Crippen molar-refractivity contribution in [2.75, 3.05) is 39.6 Å². The van der Waals surface area contributed by atoms with Crippen LogP contribution in [0.1, 0.15) is 134 Å². The first-order valence-electron chi connectivity index (χ1n) is 28.5. The molecule has 24 heteroatoms. The number of likely N-dealkylation sites (tertiary alicyclic amines) is 1. The SMILES string of the molecule is CC[C@@]1(O)C(=O)OCC2C(=O)N3Cc4cc5c(CCCCOCNC(=O)[C@H](C)CC(=O)[C@@H](NC(=O)[C@H](CCC(=O)NC[C@H](O)[C@@H](O)[C@H](O)[C@H](O)CO)CC(=O)CCCCCN6C(=O)CC(C)C6=O)C(C)C)c(C)c(F)cc5nc4C3=CC21. The third-order valence-electron chi connectivity index (χ3n) is 16.4. The quantitative estimate of drug-likeness (QED) is 0.0216. The number of aromatic nitrogens is 1. The van der Waals surface area contributed by atoms with Gasteiger partial charge in [-0.2, -0.15) is 0 Å². The highest BCUT2D eigenvalue weighted by Gasteiger charge is 2.56. The van der Waals surface area contributed by atoms with E-state index in [4.69, 9.17) is 19.6 Å². The van der Waals surface area contributed by atoms with Crippen molar-refractivity contribution in [3.05, 3.63) is 46.4 Å². The molecule has 0 radical (unpaired) electrons. The maximum absolute atomic E-state index is 15.5. The molecule has 11 atom stereocenters. The Kier molecular flexibility index (Phi) is 22.9. The first kappa shape index (κ1) is 65.0. The molecule has 4 aliphatic rings. The Labute approximate surface area is 475 Å². The van der Waals surface area contributed by atoms with Crippen LogP contribution in [-0.4, -0.2) is 174 Å². The third-order valence-corrected chi connectivity index (χ3v) is 16.4. The summed E-state index contributed by atoms with van der Waals surface area (Å²) in [6, 6.07) is 2.19. The van der Waals surface area contributed by atoms with Crippen LogP contribution in [0.25, 0.3) is 16.6 Å². The van der Waals surface area contributed by atoms with Gasteiger partial charge in [0.05, 0.1) is 48.1 Å². The van der Waals surface area contributed by atoms with Gasteiger partial charge in [-0.05, 0) is 75.0 Å². The van der Waals surface area contributed by atoms with E-state index in [1.165, 1.54) is 11.0 Å². The summed E-state index contributed by atoms with van der Waals surface area (Å²) in [5.41, 5.74) is 1.44. The molecule has 23 nitrogen and oxygen atoms in total. The number of esters is 1. The van der Waals surface area contributed by atoms with Crippen molar-refractivity contribution < 1.29 is 87.7 Å². The number of nitrogens with zero attached hydrogens (tertiary/aromatic N) is 3. The number of carbonyl (C=O) groups excluding carboxylic acids is 9. The Hall–Kier alpha value is -6.15. The van der Waals surface area contributed by atoms with Crippen LogP contribution in [-0.2, 0) is 65.6 Å². The van der Waals surface area contributed by atoms with Gasteiger partial charge in [-0.1, -0.05) is 47.1 Å². The molecule has 452 valence electrons. The number of Topliss-reactive ketones (excluding diaryl/α,β-unsaturated/α-hetero) is 2. The van der Waals surface area contributed by atoms with Crippen LogP contribution in [0.4, 0.5) is 4.39 Å². The number of amides is 6. The predicted octanol–water partition coefficient (Wildman–Crippen LogP) is 1.32. The summed E-state index contributed by atoms with van der Waals surface area (Å²) in [5.74, 6) is -8.96. The molecule has 5 heterocycles. The van der Waals surface area contributed by atoms with E-state index >= 15 is 4.39 Å². The maximum Gasteiger partial charge on any atom is 0.338 e. The molecule has 0 spiro atoms. The van der Waals surface area contributed by atoms with E-state index in [2.05, 4.69) is 16.0 Å². The number of aryl methyl sites for hydroxylation is 1. The number of benzene rings is 1. The maximum atomic E-state index is 15.5. The summed E-state index contributed by atoms with van der Waals surface area (Å²) in [7, 11) is 0. The molecule has 82 heavy (non-hydrogen) atoms. The lowest BCUT2D eigenvalue weighted by atomic mass is 9.72. The summed E-state index contributed by atoms with van der Waals surface area (Å²) in [5, 5.41) is 68.8. The van der Waals surface area contributed by atoms with E-state index in [-0.39, 0.29) is 107 Å². The summed E-state index contributed by atoms with van der Waals surface area (Å²) in [6.45, 7) is 8.88. The van der Waals surface area contributed by atoms with E-state index < -0.39 is 114 Å². The average molecular weight is 1150 g/mol. The van der Waals surface area contributed by atoms with Crippen LogP contribution in [0.15, 0.2) is 18.2 Å². The molecule has 2 fully saturated rings. The van der Waals surface area contributed by atoms with Crippen molar-refractivity contribution in [1.29, 1.82) is 0 Å². The Balaban J connectivity index is 0.978. The summed E-state index contributed by atoms with van der Waals surface area (Å²) in [4.78, 5) is 126. The minimum Gasteiger partial charge on any atom is -0.463 e. The van der Waals surface area contributed by atoms with Crippen LogP contribution >= 0.6 is 0 Å². The van der Waals surface area contributed by atoms with Gasteiger partial charge >= 0.3 is 5.97 Å². The highest BCUT2D eigenvalue weighted by molar-refractivity contribution is 6.03. The zero-order valence-electron chi connectivity index (χ0n) is 47.6. The van der Waals surface area contributed by atoms with E-state index in [1.807, 2.05) is 6.07 Å². The van der Waals surface area contributed by atoms with Crippen molar-refractivity contribution in [3.63, 3.8) is 0 Å². The van der Waals surface area contributed by atoms with Crippen molar-refractivity contribution in [3.8, 4) is 0 Å². The molecule has 2 saturated heterocycles. The fourth-order valence-electron chi connectivity index (χ4n) is 11.1. The minimum atomic E-state index is -1.93. The Morgan fingerprint density at radius 3 is 2.30 bits per heavy atom. The molecular formula is C58H81FN6O17. The van der Waals surface area contributed by atoms with E-state index in [9.17, 15) is 68.7 Å². The third kappa shape index (κ3) is 15.3. The van der Waals surface area contributed by atoms with E-state index in [1.54, 1.807) is 52.5 Å². The largest absolute Gasteiger partial charge is 0.463 e. The van der Waals surface area contributed by atoms with Gasteiger partial charge < -0.3 is 61.0 Å². The molecule has 1 aromatic carbocycles. The second kappa shape index (κ2) is 28.9. The number of cyclic esters (lactones) is 1. The molecular weight excluding hydrogens is 1070 g/mol. The van der Waals surface area contributed by atoms with Gasteiger partial charge in [0, 0.05) is 92.5 Å². The van der Waals surface area contributed by atoms with Gasteiger partial charge in [-0.25, -0.2) is 14.2 Å². The number of rotatable bonds is 32. The molecule has 1 aromatic heterocycles. The standard InChI is InChI=1S/C58H81FN6O17/c1-7-58(80)40-23-43-50-35(26-65(43)56(78)39(40)28-82-57(58)79)22-38-37(33(6)41(59)24-42(38)62-50)14-10-12-18-81-29-61-53(75)31(4)19-44(68)49(30(2)3)63-54(76)34(15-16-47(71)60-25-45(69)51(73)52(74)46(70)27-66)21-36(67)13-9-8-11-17-64-48(72)20-32(5)55(64)77/h22-24,30-32,34,39-40,45-46,49,51-52,66,69-70,73-74,80H,7-21,25-29H2,1-6H3,(H,60,71)(H,61,75)(H,63,76)/t31-,32?,34-,39?,40?,45+,46-,49+,51-,52-,58+/m1/s1. The van der Waals surface area contributed by atoms with Crippen molar-refractivity contribution in [2.24, 2.45) is 35.5 Å². The monoisotopic (exact) mass is 1150 g/mol. The van der Waals surface area contributed by atoms with Crippen LogP contribution in [0.5, 0.6) is 0 Å². The molecule has 6 amide bonds. The van der Waals surface area contributed by atoms with Gasteiger partial charge in [-0.3, -0.25) is 43.3 Å². The summed E-state index contributed by atoms with van der Waals surface area (Å²) in [6.07, 6.45) is -3.49. The lowest BCUT2D eigenvalue weighted by Gasteiger charge is -2.44. The summed E-state index contributed by atoms with van der Waals surface area (Å²) < 4.78 is 26.4. The fraction of sp³-hybridized carbons (Fsp3) is 0.655. The zero-order chi connectivity index (χ0) is 60.3. The summed E-state index contributed by atoms with van der Waals surface area (Å²) >= 11 is 0. The van der Waals surface area contributed by atoms with Gasteiger partial charge in [0.1, 0.15) is 43.3 Å². The zero-order valence-corrected chi connectivity index (χ0v) is 47.6. The number of nitrogens with one attached hydrogen (secondary N) is 3. The van der Waals surface area contributed by atoms with E-state index in [0.29, 0.717) is 61.0 Å². The van der Waals surface area contributed by atoms with Gasteiger partial charge in [0.15, 0.2) is 11.4 Å². The number of ether oxygens (including phenoxy) is 2. The number of carbonyl (C=O) groups is 9. The van der Waals surface area contributed by atoms with Crippen LogP contribution < -0.4 is 16.0 Å². The Morgan fingerprint density at radius 2 is 1.63 bits per heavy atom. The highest BCUT2D eigenvalue weighted by Crippen LogP contribution is 2.46. The Bertz CT molecular complexity index is 2760. The second-order valence-corrected chi connectivity index (χ2v) is 22.7. The highest BCUT2D eigenvalue weighted by atomic mass is 19.1. The number of hydrogen-bond donors (Lipinski definition) is 9. The predicted molar refractivity (Wildman–Crippen MR) is 291 cm³/mol. The smallest absolute Gasteiger partial charge is 0.338 e. The van der Waals surface area contributed by atoms with Gasteiger partial charge in [0.2, 0.25) is 35.4 Å². The average Bonchev–Trinajstić information content (AvgIpc) is 2.59. The lowest BCUT2D eigenvalue weighted by molar-refractivity contribution is -0.190. The first-order chi connectivity index (χ1) is 38.8. The van der Waals surface area contributed by atoms with Gasteiger partial charge in [-0.15, -0.1) is 0 Å². The minimum absolute atomic E-state index is 0.0522. The topological polar surface area (TPSA) is 349 Å². The number of aliphatic hydroxyl groups excluding tert-OH is 5. The van der Waals surface area contributed by atoms with Gasteiger partial charge in [0.25, 0.3) is 0 Å². The molecule has 9 N–H and O–H groups in total. The first-order valence-corrected chi connectivity index (χ1v) is 28.5. The molecule has 4 aliphatic heterocycles. The number of halogens is 1. The van der Waals surface area contributed by atoms with Crippen LogP contribution in [0.2, 0.25) is 0 Å². The lowest BCUT2D eigenvalue weighted by Crippen LogP contribution is -2.58. The van der Waals surface area contributed by atoms with Crippen molar-refractivity contribution in [1.82, 2.24) is 30.7 Å². The molecule has 2 aromatic rings. The Morgan fingerprint density at radius 1 is 0.915 bits per heavy atom. The number of ketones is 2. The molecule has 0 bridgehead atoms. The number of pyridine rings is 1. The van der Waals surface area contributed by atoms with E-state index in [0.717, 1.165) is 16.5 Å².